The molecule has 18 heavy (non-hydrogen) atoms. The molecule has 98 valence electrons. The van der Waals surface area contributed by atoms with Crippen LogP contribution in [0.1, 0.15) is 25.8 Å². The Kier molecular flexibility index (Phi) is 3.16. The van der Waals surface area contributed by atoms with Gasteiger partial charge in [0, 0.05) is 25.7 Å². The fourth-order valence-corrected chi connectivity index (χ4v) is 2.90. The largest absolute Gasteiger partial charge is 0.487 e. The lowest BCUT2D eigenvalue weighted by molar-refractivity contribution is 0.188. The van der Waals surface area contributed by atoms with E-state index >= 15 is 0 Å². The Balaban J connectivity index is 1.69. The molecule has 0 bridgehead atoms. The number of hydrogen-bond acceptors (Lipinski definition) is 3. The van der Waals surface area contributed by atoms with Gasteiger partial charge in [0.15, 0.2) is 0 Å². The van der Waals surface area contributed by atoms with E-state index < -0.39 is 0 Å². The second kappa shape index (κ2) is 4.81. The number of fused-ring (bicyclic) bond motifs is 1. The lowest BCUT2D eigenvalue weighted by Crippen LogP contribution is -2.30. The van der Waals surface area contributed by atoms with Crippen LogP contribution in [0.2, 0.25) is 0 Å². The number of anilines is 1. The Labute approximate surface area is 109 Å². The van der Waals surface area contributed by atoms with Gasteiger partial charge in [0.05, 0.1) is 5.69 Å². The molecule has 1 N–H and O–H groups in total. The van der Waals surface area contributed by atoms with Gasteiger partial charge in [-0.1, -0.05) is 12.1 Å². The van der Waals surface area contributed by atoms with Crippen molar-refractivity contribution in [3.63, 3.8) is 0 Å². The molecule has 3 heteroatoms. The second-order valence-electron chi connectivity index (χ2n) is 5.58. The van der Waals surface area contributed by atoms with Crippen LogP contribution >= 0.6 is 0 Å². The van der Waals surface area contributed by atoms with Gasteiger partial charge in [-0.3, -0.25) is 4.90 Å². The predicted molar refractivity (Wildman–Crippen MR) is 74.4 cm³/mol. The van der Waals surface area contributed by atoms with Crippen molar-refractivity contribution in [2.75, 3.05) is 25.0 Å². The number of hydrogen-bond donors (Lipinski definition) is 1. The van der Waals surface area contributed by atoms with E-state index in [1.807, 2.05) is 0 Å². The minimum absolute atomic E-state index is 0.348. The summed E-state index contributed by atoms with van der Waals surface area (Å²) in [6.45, 7) is 7.76. The van der Waals surface area contributed by atoms with E-state index in [-0.39, 0.29) is 0 Å². The first-order valence-corrected chi connectivity index (χ1v) is 7.00. The van der Waals surface area contributed by atoms with Crippen LogP contribution in [0, 0.1) is 0 Å². The van der Waals surface area contributed by atoms with Crippen LogP contribution in [-0.2, 0) is 6.42 Å². The Morgan fingerprint density at radius 2 is 2.28 bits per heavy atom. The summed E-state index contributed by atoms with van der Waals surface area (Å²) in [5.74, 6) is 1.04. The Morgan fingerprint density at radius 3 is 3.06 bits per heavy atom. The Hall–Kier alpha value is -1.22. The highest BCUT2D eigenvalue weighted by molar-refractivity contribution is 5.65. The van der Waals surface area contributed by atoms with Gasteiger partial charge in [-0.2, -0.15) is 0 Å². The van der Waals surface area contributed by atoms with Crippen molar-refractivity contribution in [3.8, 4) is 5.75 Å². The van der Waals surface area contributed by atoms with Crippen molar-refractivity contribution in [1.29, 1.82) is 0 Å². The third-order valence-electron chi connectivity index (χ3n) is 4.01. The summed E-state index contributed by atoms with van der Waals surface area (Å²) in [6, 6.07) is 7.01. The minimum Gasteiger partial charge on any atom is -0.487 e. The maximum atomic E-state index is 6.19. The molecule has 1 saturated heterocycles. The highest BCUT2D eigenvalue weighted by Crippen LogP contribution is 2.34. The predicted octanol–water partition coefficient (Wildman–Crippen LogP) is 2.52. The van der Waals surface area contributed by atoms with Gasteiger partial charge in [-0.25, -0.2) is 0 Å². The molecule has 2 heterocycles. The van der Waals surface area contributed by atoms with Crippen LogP contribution in [0.25, 0.3) is 0 Å². The highest BCUT2D eigenvalue weighted by atomic mass is 16.5. The van der Waals surface area contributed by atoms with Gasteiger partial charge >= 0.3 is 0 Å². The van der Waals surface area contributed by atoms with Gasteiger partial charge in [0.2, 0.25) is 0 Å². The number of benzene rings is 1. The molecule has 3 nitrogen and oxygen atoms in total. The molecule has 1 fully saturated rings. The molecule has 1 atom stereocenters. The summed E-state index contributed by atoms with van der Waals surface area (Å²) in [5, 5.41) is 3.44. The zero-order valence-electron chi connectivity index (χ0n) is 11.3. The second-order valence-corrected chi connectivity index (χ2v) is 5.58. The molecule has 0 saturated carbocycles. The maximum Gasteiger partial charge on any atom is 0.143 e. The summed E-state index contributed by atoms with van der Waals surface area (Å²) in [6.07, 6.45) is 2.61. The summed E-state index contributed by atoms with van der Waals surface area (Å²) in [5.41, 5.74) is 2.62. The van der Waals surface area contributed by atoms with Gasteiger partial charge in [-0.05, 0) is 38.3 Å². The minimum atomic E-state index is 0.348. The maximum absolute atomic E-state index is 6.19. The smallest absolute Gasteiger partial charge is 0.143 e. The van der Waals surface area contributed by atoms with Crippen LogP contribution in [0.5, 0.6) is 5.75 Å². The van der Waals surface area contributed by atoms with Crippen molar-refractivity contribution < 1.29 is 4.74 Å². The molecule has 0 aromatic heterocycles. The molecular formula is C15H22N2O. The average Bonchev–Trinajstić information content (AvgIpc) is 2.97. The van der Waals surface area contributed by atoms with Gasteiger partial charge in [0.25, 0.3) is 0 Å². The van der Waals surface area contributed by atoms with Crippen LogP contribution in [0.4, 0.5) is 5.69 Å². The third-order valence-corrected chi connectivity index (χ3v) is 4.01. The molecule has 1 aromatic carbocycles. The van der Waals surface area contributed by atoms with Gasteiger partial charge < -0.3 is 10.1 Å². The zero-order valence-corrected chi connectivity index (χ0v) is 11.3. The SMILES string of the molecule is CC(C)N1CCC(Oc2cccc3c2NCC3)C1. The van der Waals surface area contributed by atoms with E-state index in [0.717, 1.165) is 38.2 Å². The quantitative estimate of drug-likeness (QED) is 0.887. The van der Waals surface area contributed by atoms with E-state index in [0.29, 0.717) is 12.1 Å². The van der Waals surface area contributed by atoms with Crippen LogP contribution < -0.4 is 10.1 Å². The van der Waals surface area contributed by atoms with Crippen molar-refractivity contribution in [2.45, 2.75) is 38.8 Å². The molecule has 1 unspecified atom stereocenters. The lowest BCUT2D eigenvalue weighted by Gasteiger charge is -2.21. The van der Waals surface area contributed by atoms with E-state index in [4.69, 9.17) is 4.74 Å². The van der Waals surface area contributed by atoms with Crippen molar-refractivity contribution in [2.24, 2.45) is 0 Å². The van der Waals surface area contributed by atoms with Crippen LogP contribution in [0.15, 0.2) is 18.2 Å². The summed E-state index contributed by atoms with van der Waals surface area (Å²) in [4.78, 5) is 2.49. The number of rotatable bonds is 3. The molecule has 2 aliphatic rings. The van der Waals surface area contributed by atoms with Crippen LogP contribution in [-0.4, -0.2) is 36.7 Å². The molecule has 1 aromatic rings. The van der Waals surface area contributed by atoms with E-state index in [1.165, 1.54) is 11.3 Å². The monoisotopic (exact) mass is 246 g/mol. The van der Waals surface area contributed by atoms with Gasteiger partial charge in [0.1, 0.15) is 11.9 Å². The first-order valence-electron chi connectivity index (χ1n) is 7.00. The molecule has 3 rings (SSSR count). The van der Waals surface area contributed by atoms with Crippen LogP contribution in [0.3, 0.4) is 0 Å². The summed E-state index contributed by atoms with van der Waals surface area (Å²) >= 11 is 0. The van der Waals surface area contributed by atoms with Crippen molar-refractivity contribution in [3.05, 3.63) is 23.8 Å². The van der Waals surface area contributed by atoms with Crippen molar-refractivity contribution in [1.82, 2.24) is 4.90 Å². The number of ether oxygens (including phenoxy) is 1. The molecule has 2 aliphatic heterocycles. The Bertz CT molecular complexity index is 431. The number of nitrogens with one attached hydrogen (secondary N) is 1. The molecular weight excluding hydrogens is 224 g/mol. The van der Waals surface area contributed by atoms with E-state index in [2.05, 4.69) is 42.3 Å². The zero-order chi connectivity index (χ0) is 12.5. The summed E-state index contributed by atoms with van der Waals surface area (Å²) in [7, 11) is 0. The highest BCUT2D eigenvalue weighted by Gasteiger charge is 2.26. The molecule has 0 amide bonds. The average molecular weight is 246 g/mol. The molecule has 0 radical (unpaired) electrons. The fourth-order valence-electron chi connectivity index (χ4n) is 2.90. The normalized spacial score (nSPS) is 23.2. The standard InChI is InChI=1S/C15H22N2O/c1-11(2)17-9-7-13(10-17)18-14-5-3-4-12-6-8-16-15(12)14/h3-5,11,13,16H,6-10H2,1-2H3. The van der Waals surface area contributed by atoms with Gasteiger partial charge in [-0.15, -0.1) is 0 Å². The number of likely N-dealkylation sites (tertiary alicyclic amines) is 1. The van der Waals surface area contributed by atoms with Crippen molar-refractivity contribution >= 4 is 5.69 Å². The van der Waals surface area contributed by atoms with E-state index in [1.54, 1.807) is 0 Å². The first-order chi connectivity index (χ1) is 8.74. The summed E-state index contributed by atoms with van der Waals surface area (Å²) < 4.78 is 6.19. The molecule has 0 spiro atoms. The fraction of sp³-hybridized carbons (Fsp3) is 0.600. The lowest BCUT2D eigenvalue weighted by atomic mass is 10.1. The number of para-hydroxylation sites is 1. The Morgan fingerprint density at radius 1 is 1.39 bits per heavy atom. The molecule has 0 aliphatic carbocycles. The first kappa shape index (κ1) is 11.8. The number of nitrogens with zero attached hydrogens (tertiary/aromatic N) is 1. The third kappa shape index (κ3) is 2.19. The topological polar surface area (TPSA) is 24.5 Å². The van der Waals surface area contributed by atoms with E-state index in [9.17, 15) is 0 Å².